The SMILES string of the molecule is C/C(=N/NC(=O)O)c1ccsc1. The fourth-order valence-corrected chi connectivity index (χ4v) is 1.37. The van der Waals surface area contributed by atoms with E-state index in [1.807, 2.05) is 22.3 Å². The van der Waals surface area contributed by atoms with E-state index in [0.717, 1.165) is 5.56 Å². The van der Waals surface area contributed by atoms with Crippen LogP contribution in [-0.2, 0) is 0 Å². The summed E-state index contributed by atoms with van der Waals surface area (Å²) in [6, 6.07) is 1.88. The van der Waals surface area contributed by atoms with E-state index >= 15 is 0 Å². The molecular weight excluding hydrogens is 176 g/mol. The van der Waals surface area contributed by atoms with E-state index in [0.29, 0.717) is 5.71 Å². The van der Waals surface area contributed by atoms with Crippen LogP contribution < -0.4 is 5.43 Å². The Morgan fingerprint density at radius 3 is 3.00 bits per heavy atom. The van der Waals surface area contributed by atoms with Gasteiger partial charge >= 0.3 is 6.09 Å². The predicted molar refractivity (Wildman–Crippen MR) is 47.7 cm³/mol. The summed E-state index contributed by atoms with van der Waals surface area (Å²) in [6.45, 7) is 1.75. The molecule has 0 fully saturated rings. The lowest BCUT2D eigenvalue weighted by Crippen LogP contribution is -2.15. The first kappa shape index (κ1) is 8.73. The molecular formula is C7H8N2O2S. The van der Waals surface area contributed by atoms with Crippen molar-refractivity contribution in [2.24, 2.45) is 5.10 Å². The third-order valence-electron chi connectivity index (χ3n) is 1.26. The Hall–Kier alpha value is -1.36. The Morgan fingerprint density at radius 2 is 2.50 bits per heavy atom. The van der Waals surface area contributed by atoms with E-state index < -0.39 is 6.09 Å². The van der Waals surface area contributed by atoms with Crippen molar-refractivity contribution in [3.8, 4) is 0 Å². The van der Waals surface area contributed by atoms with Crippen LogP contribution in [0, 0.1) is 0 Å². The highest BCUT2D eigenvalue weighted by atomic mass is 32.1. The molecule has 1 rings (SSSR count). The van der Waals surface area contributed by atoms with Crippen LogP contribution in [0.5, 0.6) is 0 Å². The molecule has 0 aliphatic rings. The zero-order valence-electron chi connectivity index (χ0n) is 6.44. The second kappa shape index (κ2) is 3.87. The first-order valence-electron chi connectivity index (χ1n) is 3.26. The van der Waals surface area contributed by atoms with Crippen LogP contribution in [0.4, 0.5) is 4.79 Å². The van der Waals surface area contributed by atoms with E-state index in [-0.39, 0.29) is 0 Å². The summed E-state index contributed by atoms with van der Waals surface area (Å²) in [4.78, 5) is 10.1. The zero-order valence-corrected chi connectivity index (χ0v) is 7.26. The highest BCUT2D eigenvalue weighted by molar-refractivity contribution is 7.08. The van der Waals surface area contributed by atoms with Crippen LogP contribution >= 0.6 is 11.3 Å². The molecule has 0 atom stereocenters. The minimum absolute atomic E-state index is 0.665. The van der Waals surface area contributed by atoms with Crippen molar-refractivity contribution >= 4 is 23.1 Å². The molecule has 2 N–H and O–H groups in total. The maximum Gasteiger partial charge on any atom is 0.425 e. The number of thiophene rings is 1. The maximum absolute atomic E-state index is 10.1. The highest BCUT2D eigenvalue weighted by Crippen LogP contribution is 2.06. The Kier molecular flexibility index (Phi) is 2.82. The molecule has 0 aliphatic heterocycles. The van der Waals surface area contributed by atoms with Crippen molar-refractivity contribution in [1.82, 2.24) is 5.43 Å². The monoisotopic (exact) mass is 184 g/mol. The number of hydrogen-bond donors (Lipinski definition) is 2. The molecule has 64 valence electrons. The molecule has 0 saturated carbocycles. The van der Waals surface area contributed by atoms with Gasteiger partial charge in [0.25, 0.3) is 0 Å². The lowest BCUT2D eigenvalue weighted by molar-refractivity contribution is 0.195. The number of rotatable bonds is 2. The Balaban J connectivity index is 2.65. The summed E-state index contributed by atoms with van der Waals surface area (Å²) in [5.41, 5.74) is 3.55. The number of hydrogen-bond acceptors (Lipinski definition) is 3. The van der Waals surface area contributed by atoms with Gasteiger partial charge in [0.15, 0.2) is 0 Å². The lowest BCUT2D eigenvalue weighted by Gasteiger charge is -1.94. The van der Waals surface area contributed by atoms with Crippen LogP contribution in [0.2, 0.25) is 0 Å². The number of carboxylic acid groups (broad SMARTS) is 1. The Morgan fingerprint density at radius 1 is 1.75 bits per heavy atom. The van der Waals surface area contributed by atoms with Gasteiger partial charge in [-0.3, -0.25) is 0 Å². The second-order valence-corrected chi connectivity index (χ2v) is 2.91. The van der Waals surface area contributed by atoms with Crippen molar-refractivity contribution in [2.45, 2.75) is 6.92 Å². The average molecular weight is 184 g/mol. The van der Waals surface area contributed by atoms with Crippen molar-refractivity contribution in [3.63, 3.8) is 0 Å². The molecule has 4 nitrogen and oxygen atoms in total. The molecule has 0 aromatic carbocycles. The summed E-state index contributed by atoms with van der Waals surface area (Å²) >= 11 is 1.55. The third kappa shape index (κ3) is 2.35. The van der Waals surface area contributed by atoms with Crippen LogP contribution in [0.3, 0.4) is 0 Å². The van der Waals surface area contributed by atoms with Crippen LogP contribution in [0.15, 0.2) is 21.9 Å². The van der Waals surface area contributed by atoms with Gasteiger partial charge in [0.1, 0.15) is 0 Å². The number of nitrogens with one attached hydrogen (secondary N) is 1. The number of hydrazone groups is 1. The van der Waals surface area contributed by atoms with Gasteiger partial charge in [0, 0.05) is 5.56 Å². The minimum atomic E-state index is -1.15. The Labute approximate surface area is 73.5 Å². The summed E-state index contributed by atoms with van der Waals surface area (Å²) in [5, 5.41) is 15.7. The molecule has 0 radical (unpaired) electrons. The normalized spacial score (nSPS) is 11.2. The van der Waals surface area contributed by atoms with Gasteiger partial charge in [0.05, 0.1) is 5.71 Å². The van der Waals surface area contributed by atoms with E-state index in [1.165, 1.54) is 0 Å². The average Bonchev–Trinajstić information content (AvgIpc) is 2.51. The van der Waals surface area contributed by atoms with Crippen molar-refractivity contribution < 1.29 is 9.90 Å². The fourth-order valence-electron chi connectivity index (χ4n) is 0.667. The molecule has 0 saturated heterocycles. The van der Waals surface area contributed by atoms with Gasteiger partial charge in [-0.2, -0.15) is 16.4 Å². The van der Waals surface area contributed by atoms with Crippen molar-refractivity contribution in [3.05, 3.63) is 22.4 Å². The van der Waals surface area contributed by atoms with Gasteiger partial charge < -0.3 is 5.11 Å². The summed E-state index contributed by atoms with van der Waals surface area (Å²) < 4.78 is 0. The van der Waals surface area contributed by atoms with E-state index in [9.17, 15) is 4.79 Å². The van der Waals surface area contributed by atoms with E-state index in [2.05, 4.69) is 5.10 Å². The molecule has 5 heteroatoms. The topological polar surface area (TPSA) is 61.7 Å². The van der Waals surface area contributed by atoms with Crippen LogP contribution in [0.25, 0.3) is 0 Å². The lowest BCUT2D eigenvalue weighted by atomic mass is 10.2. The van der Waals surface area contributed by atoms with E-state index in [4.69, 9.17) is 5.11 Å². The molecule has 0 spiro atoms. The quantitative estimate of drug-likeness (QED) is 0.543. The largest absolute Gasteiger partial charge is 0.464 e. The molecule has 1 aromatic heterocycles. The van der Waals surface area contributed by atoms with Crippen molar-refractivity contribution in [1.29, 1.82) is 0 Å². The zero-order chi connectivity index (χ0) is 8.97. The summed E-state index contributed by atoms with van der Waals surface area (Å²) in [5.74, 6) is 0. The summed E-state index contributed by atoms with van der Waals surface area (Å²) in [6.07, 6.45) is -1.15. The first-order chi connectivity index (χ1) is 5.70. The number of amides is 1. The van der Waals surface area contributed by atoms with Gasteiger partial charge in [-0.25, -0.2) is 10.2 Å². The number of carbonyl (C=O) groups is 1. The van der Waals surface area contributed by atoms with Crippen LogP contribution in [-0.4, -0.2) is 16.9 Å². The molecule has 12 heavy (non-hydrogen) atoms. The van der Waals surface area contributed by atoms with Crippen LogP contribution in [0.1, 0.15) is 12.5 Å². The number of nitrogens with zero attached hydrogens (tertiary/aromatic N) is 1. The third-order valence-corrected chi connectivity index (χ3v) is 1.94. The highest BCUT2D eigenvalue weighted by Gasteiger charge is 1.97. The maximum atomic E-state index is 10.1. The van der Waals surface area contributed by atoms with Gasteiger partial charge in [0.2, 0.25) is 0 Å². The van der Waals surface area contributed by atoms with E-state index in [1.54, 1.807) is 18.3 Å². The standard InChI is InChI=1S/C7H8N2O2S/c1-5(8-9-7(10)11)6-2-3-12-4-6/h2-4,9H,1H3,(H,10,11)/b8-5-. The van der Waals surface area contributed by atoms with Gasteiger partial charge in [-0.1, -0.05) is 0 Å². The molecule has 0 unspecified atom stereocenters. The second-order valence-electron chi connectivity index (χ2n) is 2.13. The Bertz CT molecular complexity index is 292. The molecule has 0 bridgehead atoms. The fraction of sp³-hybridized carbons (Fsp3) is 0.143. The van der Waals surface area contributed by atoms with Crippen molar-refractivity contribution in [2.75, 3.05) is 0 Å². The minimum Gasteiger partial charge on any atom is -0.464 e. The van der Waals surface area contributed by atoms with Gasteiger partial charge in [-0.15, -0.1) is 0 Å². The van der Waals surface area contributed by atoms with Gasteiger partial charge in [-0.05, 0) is 23.8 Å². The predicted octanol–water partition coefficient (Wildman–Crippen LogP) is 1.74. The smallest absolute Gasteiger partial charge is 0.425 e. The molecule has 0 aliphatic carbocycles. The summed E-state index contributed by atoms with van der Waals surface area (Å²) in [7, 11) is 0. The molecule has 1 amide bonds. The molecule has 1 heterocycles. The molecule has 1 aromatic rings. The first-order valence-corrected chi connectivity index (χ1v) is 4.20.